The van der Waals surface area contributed by atoms with Crippen LogP contribution < -0.4 is 4.90 Å². The van der Waals surface area contributed by atoms with Crippen molar-refractivity contribution in [3.8, 4) is 0 Å². The van der Waals surface area contributed by atoms with Crippen LogP contribution in [0.25, 0.3) is 11.0 Å². The summed E-state index contributed by atoms with van der Waals surface area (Å²) in [5.74, 6) is -0.212. The number of nitrogens with zero attached hydrogens (tertiary/aromatic N) is 2. The minimum atomic E-state index is -0.212. The fourth-order valence-electron chi connectivity index (χ4n) is 2.45. The number of aryl methyl sites for hydroxylation is 1. The van der Waals surface area contributed by atoms with Crippen molar-refractivity contribution in [2.45, 2.75) is 26.2 Å². The maximum absolute atomic E-state index is 14.0. The monoisotopic (exact) mass is 270 g/mol. The summed E-state index contributed by atoms with van der Waals surface area (Å²) in [6.07, 6.45) is 3.52. The lowest BCUT2D eigenvalue weighted by Crippen LogP contribution is -2.30. The number of anilines is 1. The van der Waals surface area contributed by atoms with Crippen LogP contribution in [0.5, 0.6) is 0 Å². The lowest BCUT2D eigenvalue weighted by atomic mass is 10.1. The Morgan fingerprint density at radius 3 is 2.67 bits per heavy atom. The molecule has 0 unspecified atom stereocenters. The molecule has 0 bridgehead atoms. The van der Waals surface area contributed by atoms with Gasteiger partial charge in [-0.05, 0) is 32.3 Å². The SMILES string of the molecule is Cc1noc2cc(F)c(N3CCCCC3)cc12.Cl. The maximum Gasteiger partial charge on any atom is 0.170 e. The van der Waals surface area contributed by atoms with Crippen LogP contribution in [0.2, 0.25) is 0 Å². The van der Waals surface area contributed by atoms with E-state index in [0.717, 1.165) is 37.0 Å². The highest BCUT2D eigenvalue weighted by Gasteiger charge is 2.17. The first-order valence-corrected chi connectivity index (χ1v) is 6.06. The van der Waals surface area contributed by atoms with Crippen LogP contribution in [0.4, 0.5) is 10.1 Å². The van der Waals surface area contributed by atoms with Gasteiger partial charge in [0.15, 0.2) is 5.58 Å². The van der Waals surface area contributed by atoms with Gasteiger partial charge in [-0.3, -0.25) is 0 Å². The smallest absolute Gasteiger partial charge is 0.170 e. The summed E-state index contributed by atoms with van der Waals surface area (Å²) in [6.45, 7) is 3.75. The van der Waals surface area contributed by atoms with Gasteiger partial charge in [0.2, 0.25) is 0 Å². The summed E-state index contributed by atoms with van der Waals surface area (Å²) >= 11 is 0. The largest absolute Gasteiger partial charge is 0.369 e. The highest BCUT2D eigenvalue weighted by molar-refractivity contribution is 5.85. The molecule has 3 nitrogen and oxygen atoms in total. The van der Waals surface area contributed by atoms with Crippen LogP contribution >= 0.6 is 12.4 Å². The molecule has 18 heavy (non-hydrogen) atoms. The van der Waals surface area contributed by atoms with E-state index in [4.69, 9.17) is 4.52 Å². The van der Waals surface area contributed by atoms with Crippen molar-refractivity contribution >= 4 is 29.1 Å². The van der Waals surface area contributed by atoms with Crippen molar-refractivity contribution in [3.05, 3.63) is 23.6 Å². The number of hydrogen-bond donors (Lipinski definition) is 0. The fourth-order valence-corrected chi connectivity index (χ4v) is 2.45. The van der Waals surface area contributed by atoms with Crippen LogP contribution in [0, 0.1) is 12.7 Å². The number of fused-ring (bicyclic) bond motifs is 1. The second-order valence-electron chi connectivity index (χ2n) is 4.62. The predicted molar refractivity (Wildman–Crippen MR) is 72.0 cm³/mol. The number of piperidine rings is 1. The number of rotatable bonds is 1. The van der Waals surface area contributed by atoms with Gasteiger partial charge in [0.1, 0.15) is 5.82 Å². The van der Waals surface area contributed by atoms with Gasteiger partial charge >= 0.3 is 0 Å². The van der Waals surface area contributed by atoms with Crippen LogP contribution in [0.15, 0.2) is 16.7 Å². The molecule has 0 atom stereocenters. The highest BCUT2D eigenvalue weighted by Crippen LogP contribution is 2.29. The molecular weight excluding hydrogens is 255 g/mol. The summed E-state index contributed by atoms with van der Waals surface area (Å²) in [6, 6.07) is 3.31. The van der Waals surface area contributed by atoms with E-state index in [-0.39, 0.29) is 18.2 Å². The van der Waals surface area contributed by atoms with Gasteiger partial charge in [-0.1, -0.05) is 5.16 Å². The Kier molecular flexibility index (Phi) is 3.76. The Morgan fingerprint density at radius 1 is 1.22 bits per heavy atom. The zero-order valence-corrected chi connectivity index (χ0v) is 11.1. The van der Waals surface area contributed by atoms with Gasteiger partial charge in [0, 0.05) is 24.5 Å². The highest BCUT2D eigenvalue weighted by atomic mass is 35.5. The van der Waals surface area contributed by atoms with Crippen LogP contribution in [0.1, 0.15) is 25.0 Å². The molecular formula is C13H16ClFN2O. The van der Waals surface area contributed by atoms with Crippen molar-refractivity contribution in [1.29, 1.82) is 0 Å². The molecule has 0 spiro atoms. The van der Waals surface area contributed by atoms with E-state index in [0.29, 0.717) is 11.3 Å². The van der Waals surface area contributed by atoms with E-state index in [1.165, 1.54) is 12.5 Å². The Bertz CT molecular complexity index is 549. The third-order valence-corrected chi connectivity index (χ3v) is 3.42. The van der Waals surface area contributed by atoms with E-state index in [9.17, 15) is 4.39 Å². The summed E-state index contributed by atoms with van der Waals surface area (Å²) < 4.78 is 19.0. The van der Waals surface area contributed by atoms with E-state index < -0.39 is 0 Å². The van der Waals surface area contributed by atoms with Gasteiger partial charge in [0.05, 0.1) is 11.4 Å². The topological polar surface area (TPSA) is 29.3 Å². The minimum Gasteiger partial charge on any atom is -0.369 e. The first-order valence-electron chi connectivity index (χ1n) is 6.06. The average Bonchev–Trinajstić information content (AvgIpc) is 2.70. The van der Waals surface area contributed by atoms with Gasteiger partial charge in [-0.2, -0.15) is 0 Å². The fraction of sp³-hybridized carbons (Fsp3) is 0.462. The molecule has 1 aromatic heterocycles. The molecule has 2 aromatic rings. The van der Waals surface area contributed by atoms with Gasteiger partial charge in [0.25, 0.3) is 0 Å². The molecule has 1 aliphatic heterocycles. The molecule has 1 aliphatic rings. The van der Waals surface area contributed by atoms with E-state index in [1.54, 1.807) is 0 Å². The molecule has 1 fully saturated rings. The van der Waals surface area contributed by atoms with E-state index >= 15 is 0 Å². The summed E-state index contributed by atoms with van der Waals surface area (Å²) in [5, 5.41) is 4.77. The van der Waals surface area contributed by atoms with Gasteiger partial charge < -0.3 is 9.42 Å². The van der Waals surface area contributed by atoms with E-state index in [2.05, 4.69) is 10.1 Å². The lowest BCUT2D eigenvalue weighted by molar-refractivity contribution is 0.448. The molecule has 98 valence electrons. The van der Waals surface area contributed by atoms with Crippen molar-refractivity contribution in [1.82, 2.24) is 5.16 Å². The van der Waals surface area contributed by atoms with Crippen molar-refractivity contribution in [3.63, 3.8) is 0 Å². The second-order valence-corrected chi connectivity index (χ2v) is 4.62. The van der Waals surface area contributed by atoms with Crippen LogP contribution in [-0.4, -0.2) is 18.2 Å². The van der Waals surface area contributed by atoms with Crippen molar-refractivity contribution in [2.24, 2.45) is 0 Å². The normalized spacial score (nSPS) is 15.8. The minimum absolute atomic E-state index is 0. The molecule has 0 aliphatic carbocycles. The molecule has 1 saturated heterocycles. The van der Waals surface area contributed by atoms with Crippen LogP contribution in [-0.2, 0) is 0 Å². The van der Waals surface area contributed by atoms with E-state index in [1.807, 2.05) is 13.0 Å². The molecule has 3 rings (SSSR count). The van der Waals surface area contributed by atoms with Crippen molar-refractivity contribution < 1.29 is 8.91 Å². The maximum atomic E-state index is 14.0. The summed E-state index contributed by atoms with van der Waals surface area (Å²) in [7, 11) is 0. The second kappa shape index (κ2) is 5.14. The van der Waals surface area contributed by atoms with Gasteiger partial charge in [-0.15, -0.1) is 12.4 Å². The number of aromatic nitrogens is 1. The first-order chi connectivity index (χ1) is 8.25. The molecule has 1 aromatic carbocycles. The molecule has 0 radical (unpaired) electrons. The Labute approximate surface area is 111 Å². The average molecular weight is 271 g/mol. The van der Waals surface area contributed by atoms with Gasteiger partial charge in [-0.25, -0.2) is 4.39 Å². The summed E-state index contributed by atoms with van der Waals surface area (Å²) in [5.41, 5.74) is 2.03. The Hall–Kier alpha value is -1.29. The first kappa shape index (κ1) is 13.1. The standard InChI is InChI=1S/C13H15FN2O.ClH/c1-9-10-7-12(16-5-3-2-4-6-16)11(14)8-13(10)17-15-9;/h7-8H,2-6H2,1H3;1H. The Morgan fingerprint density at radius 2 is 1.94 bits per heavy atom. The van der Waals surface area contributed by atoms with Crippen molar-refractivity contribution in [2.75, 3.05) is 18.0 Å². The zero-order valence-electron chi connectivity index (χ0n) is 10.3. The Balaban J connectivity index is 0.00000120. The third-order valence-electron chi connectivity index (χ3n) is 3.42. The zero-order chi connectivity index (χ0) is 11.8. The third kappa shape index (κ3) is 2.17. The predicted octanol–water partition coefficient (Wildman–Crippen LogP) is 3.69. The van der Waals surface area contributed by atoms with Crippen LogP contribution in [0.3, 0.4) is 0 Å². The molecule has 5 heteroatoms. The molecule has 0 amide bonds. The quantitative estimate of drug-likeness (QED) is 0.791. The summed E-state index contributed by atoms with van der Waals surface area (Å²) in [4.78, 5) is 2.12. The number of benzene rings is 1. The molecule has 0 saturated carbocycles. The number of halogens is 2. The number of hydrogen-bond acceptors (Lipinski definition) is 3. The lowest BCUT2D eigenvalue weighted by Gasteiger charge is -2.29. The molecule has 0 N–H and O–H groups in total. The molecule has 2 heterocycles.